The van der Waals surface area contributed by atoms with E-state index in [0.717, 1.165) is 0 Å². The van der Waals surface area contributed by atoms with Crippen molar-refractivity contribution < 1.29 is 9.59 Å². The average molecular weight is 301 g/mol. The number of halogens is 1. The van der Waals surface area contributed by atoms with Crippen LogP contribution in [0.1, 0.15) is 33.6 Å². The van der Waals surface area contributed by atoms with Crippen LogP contribution in [0, 0.1) is 0 Å². The van der Waals surface area contributed by atoms with Gasteiger partial charge in [-0.05, 0) is 24.6 Å². The van der Waals surface area contributed by atoms with Crippen molar-refractivity contribution in [2.45, 2.75) is 12.8 Å². The molecule has 21 heavy (non-hydrogen) atoms. The minimum atomic E-state index is -0.204. The zero-order valence-corrected chi connectivity index (χ0v) is 12.0. The Morgan fingerprint density at radius 2 is 2.05 bits per heavy atom. The molecule has 2 aromatic rings. The molecule has 0 aliphatic carbocycles. The Bertz CT molecular complexity index is 715. The van der Waals surface area contributed by atoms with E-state index in [0.29, 0.717) is 41.2 Å². The quantitative estimate of drug-likeness (QED) is 0.811. The number of carbonyl (C=O) groups excluding carboxylic acids is 2. The molecule has 0 saturated carbocycles. The Labute approximate surface area is 127 Å². The molecule has 4 nitrogen and oxygen atoms in total. The third-order valence-electron chi connectivity index (χ3n) is 3.53. The first-order chi connectivity index (χ1) is 10.2. The number of benzene rings is 1. The van der Waals surface area contributed by atoms with E-state index < -0.39 is 0 Å². The molecule has 0 saturated heterocycles. The molecule has 0 unspecified atom stereocenters. The van der Waals surface area contributed by atoms with Gasteiger partial charge in [0.05, 0.1) is 16.3 Å². The summed E-state index contributed by atoms with van der Waals surface area (Å²) in [5.74, 6) is -0.133. The van der Waals surface area contributed by atoms with E-state index in [1.165, 1.54) is 12.4 Å². The van der Waals surface area contributed by atoms with Crippen molar-refractivity contribution in [3.8, 4) is 0 Å². The number of rotatable bonds is 1. The maximum absolute atomic E-state index is 12.7. The zero-order valence-electron chi connectivity index (χ0n) is 11.3. The molecule has 106 valence electrons. The van der Waals surface area contributed by atoms with Gasteiger partial charge in [0, 0.05) is 30.9 Å². The van der Waals surface area contributed by atoms with Crippen molar-refractivity contribution in [3.63, 3.8) is 0 Å². The highest BCUT2D eigenvalue weighted by molar-refractivity contribution is 6.34. The van der Waals surface area contributed by atoms with Gasteiger partial charge in [-0.3, -0.25) is 14.6 Å². The molecule has 2 heterocycles. The fraction of sp³-hybridized carbons (Fsp3) is 0.188. The number of fused-ring (bicyclic) bond motifs is 1. The molecular weight excluding hydrogens is 288 g/mol. The van der Waals surface area contributed by atoms with Gasteiger partial charge in [-0.25, -0.2) is 0 Å². The van der Waals surface area contributed by atoms with E-state index in [-0.39, 0.29) is 11.7 Å². The molecule has 0 N–H and O–H groups in total. The lowest BCUT2D eigenvalue weighted by molar-refractivity contribution is 0.0974. The van der Waals surface area contributed by atoms with Crippen LogP contribution in [0.5, 0.6) is 0 Å². The van der Waals surface area contributed by atoms with Gasteiger partial charge in [0.1, 0.15) is 0 Å². The first-order valence-electron chi connectivity index (χ1n) is 6.72. The molecule has 3 rings (SSSR count). The largest absolute Gasteiger partial charge is 0.308 e. The highest BCUT2D eigenvalue weighted by Gasteiger charge is 2.26. The van der Waals surface area contributed by atoms with Crippen molar-refractivity contribution in [1.29, 1.82) is 0 Å². The highest BCUT2D eigenvalue weighted by atomic mass is 35.5. The van der Waals surface area contributed by atoms with E-state index in [9.17, 15) is 9.59 Å². The molecular formula is C16H13ClN2O2. The van der Waals surface area contributed by atoms with Gasteiger partial charge in [-0.1, -0.05) is 23.7 Å². The molecule has 1 amide bonds. The fourth-order valence-electron chi connectivity index (χ4n) is 2.50. The molecule has 1 aromatic heterocycles. The van der Waals surface area contributed by atoms with E-state index >= 15 is 0 Å². The number of Topliss-reactive ketones (excluding diaryl/α,β-unsaturated/α-hetero) is 1. The minimum Gasteiger partial charge on any atom is -0.308 e. The normalized spacial score (nSPS) is 14.5. The number of amides is 1. The number of carbonyl (C=O) groups is 2. The smallest absolute Gasteiger partial charge is 0.259 e. The molecule has 1 aliphatic rings. The van der Waals surface area contributed by atoms with Crippen LogP contribution >= 0.6 is 11.6 Å². The van der Waals surface area contributed by atoms with Crippen LogP contribution in [0.25, 0.3) is 0 Å². The Hall–Kier alpha value is -2.20. The lowest BCUT2D eigenvalue weighted by Crippen LogP contribution is -2.32. The molecule has 0 atom stereocenters. The predicted molar refractivity (Wildman–Crippen MR) is 80.9 cm³/mol. The summed E-state index contributed by atoms with van der Waals surface area (Å²) >= 11 is 6.06. The standard InChI is InChI=1S/C16H13ClN2O2/c17-13-10-18-8-7-11(13)16(21)19-9-3-6-15(20)12-4-1-2-5-14(12)19/h1-2,4-5,7-8,10H,3,6,9H2. The summed E-state index contributed by atoms with van der Waals surface area (Å²) in [4.78, 5) is 30.4. The summed E-state index contributed by atoms with van der Waals surface area (Å²) in [5, 5.41) is 0.315. The van der Waals surface area contributed by atoms with Gasteiger partial charge in [0.2, 0.25) is 0 Å². The summed E-state index contributed by atoms with van der Waals surface area (Å²) in [6.07, 6.45) is 4.07. The molecule has 0 spiro atoms. The second-order valence-electron chi connectivity index (χ2n) is 4.86. The lowest BCUT2D eigenvalue weighted by atomic mass is 10.1. The maximum Gasteiger partial charge on any atom is 0.259 e. The first kappa shape index (κ1) is 13.8. The maximum atomic E-state index is 12.7. The number of aromatic nitrogens is 1. The van der Waals surface area contributed by atoms with Crippen LogP contribution in [-0.2, 0) is 0 Å². The number of hydrogen-bond acceptors (Lipinski definition) is 3. The van der Waals surface area contributed by atoms with Gasteiger partial charge in [0.15, 0.2) is 5.78 Å². The van der Waals surface area contributed by atoms with Crippen molar-refractivity contribution in [2.75, 3.05) is 11.4 Å². The number of hydrogen-bond donors (Lipinski definition) is 0. The first-order valence-corrected chi connectivity index (χ1v) is 7.10. The molecule has 0 radical (unpaired) electrons. The van der Waals surface area contributed by atoms with Gasteiger partial charge in [0.25, 0.3) is 5.91 Å². The Morgan fingerprint density at radius 1 is 1.24 bits per heavy atom. The van der Waals surface area contributed by atoms with Crippen molar-refractivity contribution in [2.24, 2.45) is 0 Å². The summed E-state index contributed by atoms with van der Waals surface area (Å²) in [6, 6.07) is 8.79. The fourth-order valence-corrected chi connectivity index (χ4v) is 2.70. The SMILES string of the molecule is O=C1CCCN(C(=O)c2ccncc2Cl)c2ccccc21. The third-order valence-corrected chi connectivity index (χ3v) is 3.83. The number of para-hydroxylation sites is 1. The van der Waals surface area contributed by atoms with Crippen LogP contribution in [0.3, 0.4) is 0 Å². The van der Waals surface area contributed by atoms with Crippen LogP contribution in [0.2, 0.25) is 5.02 Å². The monoisotopic (exact) mass is 300 g/mol. The van der Waals surface area contributed by atoms with Crippen LogP contribution in [-0.4, -0.2) is 23.2 Å². The molecule has 0 fully saturated rings. The molecule has 5 heteroatoms. The van der Waals surface area contributed by atoms with E-state index in [1.54, 1.807) is 23.1 Å². The number of ketones is 1. The zero-order chi connectivity index (χ0) is 14.8. The second-order valence-corrected chi connectivity index (χ2v) is 5.26. The Balaban J connectivity index is 2.06. The minimum absolute atomic E-state index is 0.0710. The highest BCUT2D eigenvalue weighted by Crippen LogP contribution is 2.28. The summed E-state index contributed by atoms with van der Waals surface area (Å²) < 4.78 is 0. The third kappa shape index (κ3) is 2.54. The van der Waals surface area contributed by atoms with Gasteiger partial charge >= 0.3 is 0 Å². The van der Waals surface area contributed by atoms with E-state index in [1.807, 2.05) is 12.1 Å². The summed E-state index contributed by atoms with van der Waals surface area (Å²) in [6.45, 7) is 0.500. The van der Waals surface area contributed by atoms with Gasteiger partial charge < -0.3 is 4.90 Å². The van der Waals surface area contributed by atoms with Crippen molar-refractivity contribution >= 4 is 29.0 Å². The second kappa shape index (κ2) is 5.66. The number of pyridine rings is 1. The van der Waals surface area contributed by atoms with Crippen LogP contribution in [0.15, 0.2) is 42.7 Å². The lowest BCUT2D eigenvalue weighted by Gasteiger charge is -2.22. The van der Waals surface area contributed by atoms with E-state index in [4.69, 9.17) is 11.6 Å². The Morgan fingerprint density at radius 3 is 2.86 bits per heavy atom. The summed E-state index contributed by atoms with van der Waals surface area (Å²) in [5.41, 5.74) is 1.64. The van der Waals surface area contributed by atoms with Crippen molar-refractivity contribution in [3.05, 3.63) is 58.9 Å². The Kier molecular flexibility index (Phi) is 3.71. The van der Waals surface area contributed by atoms with Gasteiger partial charge in [-0.15, -0.1) is 0 Å². The van der Waals surface area contributed by atoms with Gasteiger partial charge in [-0.2, -0.15) is 0 Å². The number of anilines is 1. The molecule has 0 bridgehead atoms. The van der Waals surface area contributed by atoms with E-state index in [2.05, 4.69) is 4.98 Å². The summed E-state index contributed by atoms with van der Waals surface area (Å²) in [7, 11) is 0. The van der Waals surface area contributed by atoms with Crippen LogP contribution in [0.4, 0.5) is 5.69 Å². The topological polar surface area (TPSA) is 50.3 Å². The van der Waals surface area contributed by atoms with Crippen molar-refractivity contribution in [1.82, 2.24) is 4.98 Å². The average Bonchev–Trinajstić information content (AvgIpc) is 2.67. The van der Waals surface area contributed by atoms with Crippen LogP contribution < -0.4 is 4.90 Å². The molecule has 1 aromatic carbocycles. The number of nitrogens with zero attached hydrogens (tertiary/aromatic N) is 2. The predicted octanol–water partition coefficient (Wildman–Crippen LogP) is 3.36. The molecule has 1 aliphatic heterocycles.